The van der Waals surface area contributed by atoms with E-state index in [-0.39, 0.29) is 17.3 Å². The van der Waals surface area contributed by atoms with Crippen LogP contribution in [0.2, 0.25) is 0 Å². The predicted molar refractivity (Wildman–Crippen MR) is 71.7 cm³/mol. The van der Waals surface area contributed by atoms with Crippen LogP contribution >= 0.6 is 0 Å². The van der Waals surface area contributed by atoms with Crippen molar-refractivity contribution in [2.75, 3.05) is 0 Å². The molecule has 1 aromatic heterocycles. The molecule has 0 spiro atoms. The van der Waals surface area contributed by atoms with Crippen LogP contribution < -0.4 is 0 Å². The molecular formula is C16H13FN2O. The molecule has 1 fully saturated rings. The molecule has 0 N–H and O–H groups in total. The SMILES string of the molecule is N#Cc1cc(Cn2ccc(C(=O)C3CC3)c2)ccc1F. The van der Waals surface area contributed by atoms with Gasteiger partial charge in [0.15, 0.2) is 5.78 Å². The van der Waals surface area contributed by atoms with Gasteiger partial charge < -0.3 is 4.57 Å². The Balaban J connectivity index is 1.78. The van der Waals surface area contributed by atoms with Crippen LogP contribution in [-0.4, -0.2) is 10.4 Å². The van der Waals surface area contributed by atoms with E-state index in [9.17, 15) is 9.18 Å². The molecule has 0 saturated heterocycles. The van der Waals surface area contributed by atoms with Crippen molar-refractivity contribution in [3.63, 3.8) is 0 Å². The van der Waals surface area contributed by atoms with E-state index >= 15 is 0 Å². The summed E-state index contributed by atoms with van der Waals surface area (Å²) in [7, 11) is 0. The smallest absolute Gasteiger partial charge is 0.167 e. The Morgan fingerprint density at radius 3 is 2.90 bits per heavy atom. The van der Waals surface area contributed by atoms with Crippen molar-refractivity contribution in [1.82, 2.24) is 4.57 Å². The topological polar surface area (TPSA) is 45.8 Å². The van der Waals surface area contributed by atoms with Crippen LogP contribution in [0.25, 0.3) is 0 Å². The molecule has 0 atom stereocenters. The number of Topliss-reactive ketones (excluding diaryl/α,β-unsaturated/α-hetero) is 1. The van der Waals surface area contributed by atoms with Crippen molar-refractivity contribution in [2.24, 2.45) is 5.92 Å². The fraction of sp³-hybridized carbons (Fsp3) is 0.250. The molecule has 4 heteroatoms. The second-order valence-corrected chi connectivity index (χ2v) is 5.14. The molecule has 0 radical (unpaired) electrons. The molecule has 0 aliphatic heterocycles. The molecule has 100 valence electrons. The molecule has 1 aliphatic rings. The molecule has 20 heavy (non-hydrogen) atoms. The summed E-state index contributed by atoms with van der Waals surface area (Å²) < 4.78 is 15.1. The van der Waals surface area contributed by atoms with E-state index < -0.39 is 5.82 Å². The molecule has 3 rings (SSSR count). The number of hydrogen-bond acceptors (Lipinski definition) is 2. The van der Waals surface area contributed by atoms with E-state index in [0.717, 1.165) is 24.0 Å². The maximum atomic E-state index is 13.2. The minimum Gasteiger partial charge on any atom is -0.349 e. The zero-order valence-corrected chi connectivity index (χ0v) is 10.8. The first-order valence-electron chi connectivity index (χ1n) is 6.56. The highest BCUT2D eigenvalue weighted by atomic mass is 19.1. The standard InChI is InChI=1S/C16H13FN2O/c17-15-4-1-11(7-14(15)8-18)9-19-6-5-13(10-19)16(20)12-2-3-12/h1,4-7,10,12H,2-3,9H2. The van der Waals surface area contributed by atoms with Crippen LogP contribution in [0.4, 0.5) is 4.39 Å². The number of carbonyl (C=O) groups excluding carboxylic acids is 1. The molecule has 3 nitrogen and oxygen atoms in total. The molecule has 1 saturated carbocycles. The second-order valence-electron chi connectivity index (χ2n) is 5.14. The number of hydrogen-bond donors (Lipinski definition) is 0. The fourth-order valence-electron chi connectivity index (χ4n) is 2.23. The molecular weight excluding hydrogens is 255 g/mol. The molecule has 1 heterocycles. The van der Waals surface area contributed by atoms with E-state index in [1.165, 1.54) is 12.1 Å². The number of nitrogens with zero attached hydrogens (tertiary/aromatic N) is 2. The number of aromatic nitrogens is 1. The van der Waals surface area contributed by atoms with E-state index in [1.807, 2.05) is 29.1 Å². The van der Waals surface area contributed by atoms with Gasteiger partial charge in [0.2, 0.25) is 0 Å². The van der Waals surface area contributed by atoms with E-state index in [4.69, 9.17) is 5.26 Å². The average Bonchev–Trinajstić information content (AvgIpc) is 3.20. The summed E-state index contributed by atoms with van der Waals surface area (Å²) in [6, 6.07) is 8.13. The lowest BCUT2D eigenvalue weighted by molar-refractivity contribution is 0.0967. The van der Waals surface area contributed by atoms with Gasteiger partial charge in [0, 0.05) is 30.4 Å². The summed E-state index contributed by atoms with van der Waals surface area (Å²) in [5, 5.41) is 8.81. The van der Waals surface area contributed by atoms with E-state index in [1.54, 1.807) is 6.07 Å². The number of benzene rings is 1. The van der Waals surface area contributed by atoms with Gasteiger partial charge in [-0.15, -0.1) is 0 Å². The summed E-state index contributed by atoms with van der Waals surface area (Å²) >= 11 is 0. The third-order valence-corrected chi connectivity index (χ3v) is 3.50. The number of ketones is 1. The van der Waals surface area contributed by atoms with Crippen LogP contribution in [0, 0.1) is 23.1 Å². The highest BCUT2D eigenvalue weighted by Crippen LogP contribution is 2.32. The quantitative estimate of drug-likeness (QED) is 0.800. The Bertz CT molecular complexity index is 708. The lowest BCUT2D eigenvalue weighted by atomic mass is 10.1. The first kappa shape index (κ1) is 12.6. The normalized spacial score (nSPS) is 14.0. The summed E-state index contributed by atoms with van der Waals surface area (Å²) in [4.78, 5) is 11.9. The van der Waals surface area contributed by atoms with Crippen molar-refractivity contribution in [3.05, 3.63) is 59.2 Å². The van der Waals surface area contributed by atoms with Crippen molar-refractivity contribution in [2.45, 2.75) is 19.4 Å². The Kier molecular flexibility index (Phi) is 3.11. The van der Waals surface area contributed by atoms with Crippen molar-refractivity contribution >= 4 is 5.78 Å². The zero-order chi connectivity index (χ0) is 14.1. The van der Waals surface area contributed by atoms with Crippen molar-refractivity contribution in [3.8, 4) is 6.07 Å². The third-order valence-electron chi connectivity index (χ3n) is 3.50. The fourth-order valence-corrected chi connectivity index (χ4v) is 2.23. The average molecular weight is 268 g/mol. The van der Waals surface area contributed by atoms with Crippen LogP contribution in [0.5, 0.6) is 0 Å². The van der Waals surface area contributed by atoms with Gasteiger partial charge in [-0.2, -0.15) is 5.26 Å². The van der Waals surface area contributed by atoms with Crippen LogP contribution in [-0.2, 0) is 6.54 Å². The summed E-state index contributed by atoms with van der Waals surface area (Å²) in [6.45, 7) is 0.521. The highest BCUT2D eigenvalue weighted by Gasteiger charge is 2.30. The van der Waals surface area contributed by atoms with Crippen molar-refractivity contribution < 1.29 is 9.18 Å². The molecule has 0 amide bonds. The molecule has 1 aromatic carbocycles. The lowest BCUT2D eigenvalue weighted by Gasteiger charge is -2.04. The third kappa shape index (κ3) is 2.48. The summed E-state index contributed by atoms with van der Waals surface area (Å²) in [5.41, 5.74) is 1.61. The number of halogens is 1. The van der Waals surface area contributed by atoms with Gasteiger partial charge in [-0.25, -0.2) is 4.39 Å². The van der Waals surface area contributed by atoms with Crippen molar-refractivity contribution in [1.29, 1.82) is 5.26 Å². The van der Waals surface area contributed by atoms with Gasteiger partial charge in [-0.1, -0.05) is 6.07 Å². The first-order valence-corrected chi connectivity index (χ1v) is 6.56. The van der Waals surface area contributed by atoms with E-state index in [2.05, 4.69) is 0 Å². The van der Waals surface area contributed by atoms with Crippen LogP contribution in [0.3, 0.4) is 0 Å². The highest BCUT2D eigenvalue weighted by molar-refractivity contribution is 5.99. The first-order chi connectivity index (χ1) is 9.67. The van der Waals surface area contributed by atoms with E-state index in [0.29, 0.717) is 6.54 Å². The summed E-state index contributed by atoms with van der Waals surface area (Å²) in [6.07, 6.45) is 5.64. The predicted octanol–water partition coefficient (Wildman–Crippen LogP) is 3.14. The molecule has 2 aromatic rings. The summed E-state index contributed by atoms with van der Waals surface area (Å²) in [5.74, 6) is -0.0872. The Morgan fingerprint density at radius 2 is 2.20 bits per heavy atom. The zero-order valence-electron chi connectivity index (χ0n) is 10.8. The van der Waals surface area contributed by atoms with Gasteiger partial charge >= 0.3 is 0 Å². The Hall–Kier alpha value is -2.41. The molecule has 0 unspecified atom stereocenters. The van der Waals surface area contributed by atoms with Gasteiger partial charge in [-0.3, -0.25) is 4.79 Å². The number of rotatable bonds is 4. The van der Waals surface area contributed by atoms with Gasteiger partial charge in [0.25, 0.3) is 0 Å². The second kappa shape index (κ2) is 4.93. The van der Waals surface area contributed by atoms with Crippen LogP contribution in [0.15, 0.2) is 36.7 Å². The minimum atomic E-state index is -0.506. The Morgan fingerprint density at radius 1 is 1.40 bits per heavy atom. The molecule has 1 aliphatic carbocycles. The monoisotopic (exact) mass is 268 g/mol. The van der Waals surface area contributed by atoms with Gasteiger partial charge in [0.1, 0.15) is 11.9 Å². The Labute approximate surface area is 116 Å². The maximum absolute atomic E-state index is 13.2. The maximum Gasteiger partial charge on any atom is 0.167 e. The molecule has 0 bridgehead atoms. The number of carbonyl (C=O) groups is 1. The largest absolute Gasteiger partial charge is 0.349 e. The van der Waals surface area contributed by atoms with Gasteiger partial charge in [-0.05, 0) is 36.6 Å². The van der Waals surface area contributed by atoms with Crippen LogP contribution in [0.1, 0.15) is 34.3 Å². The number of nitriles is 1. The minimum absolute atomic E-state index is 0.0453. The lowest BCUT2D eigenvalue weighted by Crippen LogP contribution is -2.01. The van der Waals surface area contributed by atoms with Gasteiger partial charge in [0.05, 0.1) is 5.56 Å².